The van der Waals surface area contributed by atoms with Gasteiger partial charge in [-0.1, -0.05) is 0 Å². The summed E-state index contributed by atoms with van der Waals surface area (Å²) in [6.07, 6.45) is 1.06. The number of hydrogen-bond donors (Lipinski definition) is 1. The average molecular weight is 113 g/mol. The minimum Gasteiger partial charge on any atom is -0.352 e. The maximum Gasteiger partial charge on any atom is 0.220 e. The Morgan fingerprint density at radius 3 is 2.75 bits per heavy atom. The van der Waals surface area contributed by atoms with Gasteiger partial charge in [-0.25, -0.2) is 0 Å². The highest BCUT2D eigenvalue weighted by Crippen LogP contribution is 1.74. The van der Waals surface area contributed by atoms with E-state index in [1.54, 1.807) is 0 Å². The van der Waals surface area contributed by atoms with Gasteiger partial charge in [0, 0.05) is 6.42 Å². The minimum atomic E-state index is -0.00588. The van der Waals surface area contributed by atoms with Gasteiger partial charge in [0.1, 0.15) is 6.42 Å². The Morgan fingerprint density at radius 1 is 1.75 bits per heavy atom. The van der Waals surface area contributed by atoms with Crippen molar-refractivity contribution < 1.29 is 4.79 Å². The van der Waals surface area contributed by atoms with Gasteiger partial charge in [0.2, 0.25) is 5.91 Å². The van der Waals surface area contributed by atoms with Gasteiger partial charge >= 0.3 is 0 Å². The van der Waals surface area contributed by atoms with Gasteiger partial charge < -0.3 is 5.32 Å². The van der Waals surface area contributed by atoms with Crippen molar-refractivity contribution >= 4 is 5.91 Å². The van der Waals surface area contributed by atoms with Gasteiger partial charge in [0.15, 0.2) is 0 Å². The van der Waals surface area contributed by atoms with E-state index >= 15 is 0 Å². The Bertz CT molecular complexity index is 70.9. The summed E-state index contributed by atoms with van der Waals surface area (Å²) in [5.74, 6) is -0.00588. The number of amides is 1. The highest BCUT2D eigenvalue weighted by Gasteiger charge is 1.92. The van der Waals surface area contributed by atoms with Gasteiger partial charge in [0.05, 0.1) is 13.5 Å². The van der Waals surface area contributed by atoms with Crippen LogP contribution in [0.5, 0.6) is 0 Å². The summed E-state index contributed by atoms with van der Waals surface area (Å²) in [4.78, 5) is 10.4. The Balaban J connectivity index is 2.99. The molecule has 0 fully saturated rings. The molecule has 45 valence electrons. The molecular formula is C6H11NO+. The molecule has 1 amide bonds. The van der Waals surface area contributed by atoms with E-state index in [4.69, 9.17) is 0 Å². The summed E-state index contributed by atoms with van der Waals surface area (Å²) in [7, 11) is 0. The Morgan fingerprint density at radius 2 is 2.38 bits per heavy atom. The van der Waals surface area contributed by atoms with Crippen molar-refractivity contribution in [2.24, 2.45) is 0 Å². The standard InChI is InChI=1S/C6H10NO/c1-3-5-7-6(8)4-2/h1-5H2/p+1. The van der Waals surface area contributed by atoms with E-state index in [-0.39, 0.29) is 5.91 Å². The molecular weight excluding hydrogens is 102 g/mol. The van der Waals surface area contributed by atoms with Crippen molar-refractivity contribution in [2.45, 2.75) is 12.8 Å². The van der Waals surface area contributed by atoms with E-state index in [1.807, 2.05) is 0 Å². The lowest BCUT2D eigenvalue weighted by molar-refractivity contribution is -0.120. The van der Waals surface area contributed by atoms with Crippen LogP contribution in [0.4, 0.5) is 0 Å². The van der Waals surface area contributed by atoms with Crippen molar-refractivity contribution in [2.75, 3.05) is 6.54 Å². The van der Waals surface area contributed by atoms with Crippen LogP contribution in [-0.2, 0) is 4.79 Å². The fourth-order valence-corrected chi connectivity index (χ4v) is 0.316. The van der Waals surface area contributed by atoms with Crippen LogP contribution in [-0.4, -0.2) is 12.5 Å². The normalized spacial score (nSPS) is 8.62. The molecule has 0 atom stereocenters. The van der Waals surface area contributed by atoms with Gasteiger partial charge in [-0.15, -0.1) is 0 Å². The van der Waals surface area contributed by atoms with Gasteiger partial charge in [-0.3, -0.25) is 4.79 Å². The lowest BCUT2D eigenvalue weighted by Crippen LogP contribution is -2.22. The molecule has 0 aliphatic heterocycles. The summed E-state index contributed by atoms with van der Waals surface area (Å²) < 4.78 is 0. The fourth-order valence-electron chi connectivity index (χ4n) is 0.316. The number of carbonyl (C=O) groups is 1. The highest BCUT2D eigenvalue weighted by molar-refractivity contribution is 5.76. The molecule has 0 aromatic carbocycles. The van der Waals surface area contributed by atoms with Crippen LogP contribution in [0.1, 0.15) is 12.8 Å². The van der Waals surface area contributed by atoms with Crippen LogP contribution in [0.3, 0.4) is 0 Å². The molecule has 8 heavy (non-hydrogen) atoms. The second kappa shape index (κ2) is 4.50. The summed E-state index contributed by atoms with van der Waals surface area (Å²) in [6.45, 7) is 7.62. The van der Waals surface area contributed by atoms with Crippen molar-refractivity contribution in [3.8, 4) is 0 Å². The zero-order valence-corrected chi connectivity index (χ0v) is 4.94. The van der Waals surface area contributed by atoms with Crippen molar-refractivity contribution in [3.05, 3.63) is 13.8 Å². The van der Waals surface area contributed by atoms with E-state index in [2.05, 4.69) is 19.2 Å². The molecule has 2 heteroatoms. The molecule has 0 aromatic heterocycles. The van der Waals surface area contributed by atoms with Crippen LogP contribution in [0, 0.1) is 13.8 Å². The SMILES string of the molecule is [CH2]CC(=O)NCC[CH2+]. The molecule has 0 spiro atoms. The van der Waals surface area contributed by atoms with Crippen LogP contribution < -0.4 is 5.32 Å². The molecule has 0 heterocycles. The lowest BCUT2D eigenvalue weighted by atomic mass is 10.4. The molecule has 0 aliphatic carbocycles. The minimum absolute atomic E-state index is 0.00588. The van der Waals surface area contributed by atoms with Gasteiger partial charge in [-0.05, 0) is 6.92 Å². The van der Waals surface area contributed by atoms with Gasteiger partial charge in [0.25, 0.3) is 0 Å². The van der Waals surface area contributed by atoms with Crippen molar-refractivity contribution in [1.82, 2.24) is 5.32 Å². The third kappa shape index (κ3) is 3.53. The first-order valence-electron chi connectivity index (χ1n) is 2.66. The molecule has 0 rings (SSSR count). The fraction of sp³-hybridized carbons (Fsp3) is 0.500. The largest absolute Gasteiger partial charge is 0.352 e. The Kier molecular flexibility index (Phi) is 4.13. The third-order valence-corrected chi connectivity index (χ3v) is 0.726. The molecule has 0 saturated carbocycles. The maximum atomic E-state index is 10.4. The first-order valence-corrected chi connectivity index (χ1v) is 2.66. The van der Waals surface area contributed by atoms with Crippen molar-refractivity contribution in [3.63, 3.8) is 0 Å². The lowest BCUT2D eigenvalue weighted by Gasteiger charge is -1.94. The van der Waals surface area contributed by atoms with E-state index in [0.29, 0.717) is 13.0 Å². The van der Waals surface area contributed by atoms with Crippen LogP contribution in [0.2, 0.25) is 0 Å². The Labute approximate surface area is 50.3 Å². The molecule has 2 nitrogen and oxygen atoms in total. The predicted octanol–water partition coefficient (Wildman–Crippen LogP) is 0.551. The molecule has 1 radical (unpaired) electrons. The predicted molar refractivity (Wildman–Crippen MR) is 33.0 cm³/mol. The number of hydrogen-bond acceptors (Lipinski definition) is 1. The van der Waals surface area contributed by atoms with E-state index in [9.17, 15) is 4.79 Å². The summed E-state index contributed by atoms with van der Waals surface area (Å²) in [5, 5.41) is 2.62. The number of nitrogens with one attached hydrogen (secondary N) is 1. The third-order valence-electron chi connectivity index (χ3n) is 0.726. The first-order chi connectivity index (χ1) is 3.81. The van der Waals surface area contributed by atoms with Crippen LogP contribution >= 0.6 is 0 Å². The quantitative estimate of drug-likeness (QED) is 0.532. The number of carbonyl (C=O) groups excluding carboxylic acids is 1. The van der Waals surface area contributed by atoms with E-state index in [1.165, 1.54) is 0 Å². The van der Waals surface area contributed by atoms with E-state index < -0.39 is 0 Å². The van der Waals surface area contributed by atoms with Gasteiger partial charge in [-0.2, -0.15) is 0 Å². The second-order valence-electron chi connectivity index (χ2n) is 1.45. The number of rotatable bonds is 3. The smallest absolute Gasteiger partial charge is 0.220 e. The molecule has 0 unspecified atom stereocenters. The summed E-state index contributed by atoms with van der Waals surface area (Å²) in [6, 6.07) is 0. The summed E-state index contributed by atoms with van der Waals surface area (Å²) >= 11 is 0. The summed E-state index contributed by atoms with van der Waals surface area (Å²) in [5.41, 5.74) is 0. The highest BCUT2D eigenvalue weighted by atomic mass is 16.1. The zero-order valence-electron chi connectivity index (χ0n) is 4.94. The molecule has 0 saturated heterocycles. The van der Waals surface area contributed by atoms with E-state index in [0.717, 1.165) is 6.42 Å². The molecule has 1 N–H and O–H groups in total. The Hall–Kier alpha value is -0.660. The van der Waals surface area contributed by atoms with Crippen LogP contribution in [0.15, 0.2) is 0 Å². The topological polar surface area (TPSA) is 29.1 Å². The second-order valence-corrected chi connectivity index (χ2v) is 1.45. The van der Waals surface area contributed by atoms with Crippen LogP contribution in [0.25, 0.3) is 0 Å². The zero-order chi connectivity index (χ0) is 6.41. The van der Waals surface area contributed by atoms with Crippen molar-refractivity contribution in [1.29, 1.82) is 0 Å². The molecule has 0 bridgehead atoms. The maximum absolute atomic E-state index is 10.4. The molecule has 0 aromatic rings. The average Bonchev–Trinajstić information content (AvgIpc) is 1.83. The molecule has 0 aliphatic rings. The monoisotopic (exact) mass is 113 g/mol. The first kappa shape index (κ1) is 7.34.